The number of hydrogen-bond acceptors (Lipinski definition) is 50. The van der Waals surface area contributed by atoms with Gasteiger partial charge in [-0.15, -0.1) is 0 Å². The fourth-order valence-corrected chi connectivity index (χ4v) is 17.4. The predicted octanol–water partition coefficient (Wildman–Crippen LogP) is -19.0. The van der Waals surface area contributed by atoms with E-state index in [2.05, 4.69) is 53.2 Å². The van der Waals surface area contributed by atoms with E-state index in [1.165, 1.54) is 0 Å². The van der Waals surface area contributed by atoms with Crippen LogP contribution in [0, 0.1) is 0 Å². The summed E-state index contributed by atoms with van der Waals surface area (Å²) in [7, 11) is 0. The molecule has 0 aliphatic carbocycles. The first kappa shape index (κ1) is 124. The molecule has 0 radical (unpaired) electrons. The van der Waals surface area contributed by atoms with Gasteiger partial charge in [-0.05, 0) is 38.5 Å². The number of amides is 10. The number of carbonyl (C=O) groups excluding carboxylic acids is 10. The van der Waals surface area contributed by atoms with E-state index in [9.17, 15) is 171 Å². The van der Waals surface area contributed by atoms with Crippen molar-refractivity contribution in [1.82, 2.24) is 53.2 Å². The van der Waals surface area contributed by atoms with Crippen LogP contribution in [-0.2, 0) is 124 Å². The number of carbonyl (C=O) groups is 10. The first-order chi connectivity index (χ1) is 69.5. The van der Waals surface area contributed by atoms with Crippen molar-refractivity contribution in [3.63, 3.8) is 0 Å². The third kappa shape index (κ3) is 35.3. The minimum absolute atomic E-state index is 0.0178. The van der Waals surface area contributed by atoms with E-state index in [1.54, 1.807) is 0 Å². The van der Waals surface area contributed by atoms with Crippen LogP contribution in [0.15, 0.2) is 0 Å². The first-order valence-corrected chi connectivity index (χ1v) is 48.3. The molecule has 42 atom stereocenters. The van der Waals surface area contributed by atoms with Crippen molar-refractivity contribution in [1.29, 1.82) is 0 Å². The molecular weight excluding hydrogens is 1970 g/mol. The highest BCUT2D eigenvalue weighted by Gasteiger charge is 2.58. The van der Waals surface area contributed by atoms with Crippen molar-refractivity contribution in [2.45, 2.75) is 375 Å². The van der Waals surface area contributed by atoms with E-state index in [0.717, 1.165) is 27.7 Å². The molecule has 8 rings (SSSR count). The van der Waals surface area contributed by atoms with E-state index >= 15 is 0 Å². The van der Waals surface area contributed by atoms with Gasteiger partial charge in [-0.3, -0.25) is 47.9 Å². The molecule has 8 aliphatic heterocycles. The van der Waals surface area contributed by atoms with Crippen molar-refractivity contribution < 1.29 is 246 Å². The van der Waals surface area contributed by atoms with Gasteiger partial charge in [0, 0.05) is 66.7 Å². The van der Waals surface area contributed by atoms with E-state index in [1.807, 2.05) is 0 Å². The van der Waals surface area contributed by atoms with Gasteiger partial charge in [-0.25, -0.2) is 0 Å². The van der Waals surface area contributed by atoms with Gasteiger partial charge in [0.05, 0.1) is 92.1 Å². The summed E-state index contributed by atoms with van der Waals surface area (Å²) < 4.78 is 91.7. The van der Waals surface area contributed by atoms with Crippen LogP contribution in [0.4, 0.5) is 0 Å². The zero-order valence-electron chi connectivity index (χ0n) is 80.8. The number of rotatable bonds is 57. The molecule has 60 nitrogen and oxygen atoms in total. The van der Waals surface area contributed by atoms with Gasteiger partial charge >= 0.3 is 0 Å². The summed E-state index contributed by atoms with van der Waals surface area (Å²) in [5.41, 5.74) is 0. The van der Waals surface area contributed by atoms with Crippen molar-refractivity contribution in [3.05, 3.63) is 0 Å². The van der Waals surface area contributed by atoms with Gasteiger partial charge in [0.2, 0.25) is 59.1 Å². The molecule has 0 bridgehead atoms. The van der Waals surface area contributed by atoms with Gasteiger partial charge in [-0.2, -0.15) is 0 Å². The summed E-state index contributed by atoms with van der Waals surface area (Å²) in [5, 5.41) is 277. The lowest BCUT2D eigenvalue weighted by molar-refractivity contribution is -0.348. The van der Waals surface area contributed by atoms with Crippen molar-refractivity contribution in [2.75, 3.05) is 105 Å². The highest BCUT2D eigenvalue weighted by molar-refractivity contribution is 5.93. The summed E-state index contributed by atoms with van der Waals surface area (Å²) in [6, 6.07) is -8.89. The van der Waals surface area contributed by atoms with Crippen molar-refractivity contribution in [3.8, 4) is 0 Å². The van der Waals surface area contributed by atoms with Crippen LogP contribution in [0.25, 0.3) is 0 Å². The maximum absolute atomic E-state index is 14.1. The number of ether oxygens (including phenoxy) is 16. The van der Waals surface area contributed by atoms with Gasteiger partial charge in [0.1, 0.15) is 207 Å². The fraction of sp³-hybridized carbons (Fsp3) is 0.884. The average molecular weight is 2120 g/mol. The van der Waals surface area contributed by atoms with Crippen LogP contribution < -0.4 is 53.2 Å². The Bertz CT molecular complexity index is 3720. The zero-order chi connectivity index (χ0) is 108. The van der Waals surface area contributed by atoms with Crippen LogP contribution in [0.3, 0.4) is 0 Å². The Morgan fingerprint density at radius 1 is 0.240 bits per heavy atom. The molecule has 0 spiro atoms. The molecular formula is C86H148N10O50. The van der Waals surface area contributed by atoms with Crippen LogP contribution in [-0.4, -0.2) is 545 Å². The summed E-state index contributed by atoms with van der Waals surface area (Å²) >= 11 is 0. The third-order valence-electron chi connectivity index (χ3n) is 25.2. The molecule has 8 fully saturated rings. The predicted molar refractivity (Wildman–Crippen MR) is 476 cm³/mol. The SMILES string of the molecule is CC(=O)N[C@H]1[C@H](OCCCNC(=O)C[C@H](NC(=O)CCCCCCCCC(=O)N[C@@H](CC(=O)NCCCO[C@@H]2O[C@H](CO)[C@@H](O[C@@H]3O[C@H](CO)[C@@H](O)[C@H](O)[C@H]3O)[C@H](O)[C@H]2NC(C)=O)C(=O)NCCCO[C@@H]2O[C@H](CO)[C@@H](O[C@@H]3O[C@H](CO)[C@@H](O)[C@H](O)[C@H]3O)[C@H](O)[C@H]2NC(C)=O)C(=O)NCCCO[C@@H]2O[C@H](CO)[C@@H](O[C@@H]3O[C@H](CO)[C@@H](O)[C@H](O)[C@H]3O)[C@H](O)[C@H]2NC(C)=O)O[C@H](CO)[C@@H](O[C@@H]2O[C@H](CO)[C@@H](O)[C@H](O)[C@H]2O)[C@@H]1O. The van der Waals surface area contributed by atoms with Crippen LogP contribution in [0.2, 0.25) is 0 Å². The molecule has 0 saturated carbocycles. The second-order valence-corrected chi connectivity index (χ2v) is 36.4. The van der Waals surface area contributed by atoms with Crippen LogP contribution in [0.5, 0.6) is 0 Å². The lowest BCUT2D eigenvalue weighted by atomic mass is 9.95. The van der Waals surface area contributed by atoms with E-state index in [-0.39, 0.29) is 104 Å². The second-order valence-electron chi connectivity index (χ2n) is 36.4. The lowest BCUT2D eigenvalue weighted by Crippen LogP contribution is -2.67. The van der Waals surface area contributed by atoms with Crippen LogP contribution >= 0.6 is 0 Å². The Labute approximate surface area is 836 Å². The molecule has 8 aliphatic rings. The van der Waals surface area contributed by atoms with Crippen molar-refractivity contribution in [2.24, 2.45) is 0 Å². The average Bonchev–Trinajstić information content (AvgIpc) is 0.789. The summed E-state index contributed by atoms with van der Waals surface area (Å²) in [4.78, 5) is 133. The summed E-state index contributed by atoms with van der Waals surface area (Å²) in [6.07, 6.45) is -60.4. The number of nitrogens with one attached hydrogen (secondary N) is 10. The number of aliphatic hydroxyl groups excluding tert-OH is 24. The highest BCUT2D eigenvalue weighted by Crippen LogP contribution is 2.37. The zero-order valence-corrected chi connectivity index (χ0v) is 80.8. The molecule has 0 aromatic heterocycles. The molecule has 60 heteroatoms. The maximum atomic E-state index is 14.1. The Hall–Kier alpha value is -6.90. The normalized spacial score (nSPS) is 37.3. The number of aliphatic hydroxyl groups is 24. The molecule has 8 saturated heterocycles. The third-order valence-corrected chi connectivity index (χ3v) is 25.2. The van der Waals surface area contributed by atoms with E-state index < -0.39 is 382 Å². The standard InChI is InChI=1S/C86H148N10O50/c1-35(105)91-53-61(117)73(143-83-69(125)65(121)57(113)41(27-97)135-83)45(31-101)139-79(53)131-21-11-17-87-51(111)25-39(77(129)89-19-13-23-133-81-55(93-37(3)107)63(119)75(47(33-103)141-81)145-85-71(127)67(123)59(115)43(29-99)137-85)95-49(109)15-9-7-5-6-8-10-16-50(110)96-40(78(130)90-20-14-24-134-82-56(94-38(4)108)64(120)76(48(34-104)142-82)146-86-72(128)68(124)60(116)44(30-100)138-86)26-52(112)88-18-12-22-132-80-54(92-36(2)106)62(118)74(46(32-102)140-80)144-84-70(126)66(122)58(114)42(28-98)136-84/h39-48,53-76,79-86,97-104,113-128H,5-34H2,1-4H3,(H,87,111)(H,88,112)(H,89,129)(H,90,130)(H,91,105)(H,92,106)(H,93,107)(H,94,108)(H,95,109)(H,96,110)/t39-,40-,41+,42+,43+,44+,45+,46+,47+,48+,53+,54+,55+,56+,57+,58+,59+,60+,61+,62+,63+,64+,65-,66-,67-,68-,69+,70+,71+,72+,73+,74+,75+,76+,79+,80+,81+,82+,83-,84-,85-,86-/m0/s1. The van der Waals surface area contributed by atoms with Gasteiger partial charge in [0.15, 0.2) is 50.3 Å². The van der Waals surface area contributed by atoms with E-state index in [0.29, 0.717) is 25.7 Å². The summed E-state index contributed by atoms with van der Waals surface area (Å²) in [6.45, 7) is -4.30. The molecule has 0 aromatic rings. The van der Waals surface area contributed by atoms with E-state index in [4.69, 9.17) is 75.8 Å². The Kier molecular flexibility index (Phi) is 52.5. The molecule has 146 heavy (non-hydrogen) atoms. The monoisotopic (exact) mass is 2120 g/mol. The number of unbranched alkanes of at least 4 members (excludes halogenated alkanes) is 5. The molecule has 8 heterocycles. The molecule has 0 aromatic carbocycles. The summed E-state index contributed by atoms with van der Waals surface area (Å²) in [5.74, 6) is -7.45. The van der Waals surface area contributed by atoms with Gasteiger partial charge in [0.25, 0.3) is 0 Å². The quantitative estimate of drug-likeness (QED) is 0.0251. The Morgan fingerprint density at radius 3 is 0.658 bits per heavy atom. The molecule has 0 unspecified atom stereocenters. The fourth-order valence-electron chi connectivity index (χ4n) is 17.4. The lowest BCUT2D eigenvalue weighted by Gasteiger charge is -2.47. The topological polar surface area (TPSA) is 924 Å². The molecule has 842 valence electrons. The maximum Gasteiger partial charge on any atom is 0.243 e. The Balaban J connectivity index is 0.855. The minimum atomic E-state index is -1.94. The van der Waals surface area contributed by atoms with Gasteiger partial charge in [-0.1, -0.05) is 25.7 Å². The first-order valence-electron chi connectivity index (χ1n) is 48.3. The van der Waals surface area contributed by atoms with Gasteiger partial charge < -0.3 is 252 Å². The Morgan fingerprint density at radius 2 is 0.445 bits per heavy atom. The minimum Gasteiger partial charge on any atom is -0.394 e. The second kappa shape index (κ2) is 61.7. The molecule has 10 amide bonds. The smallest absolute Gasteiger partial charge is 0.243 e. The number of hydrogen-bond donors (Lipinski definition) is 34. The highest BCUT2D eigenvalue weighted by atomic mass is 16.8. The van der Waals surface area contributed by atoms with Crippen LogP contribution in [0.1, 0.15) is 118 Å². The largest absolute Gasteiger partial charge is 0.394 e. The van der Waals surface area contributed by atoms with Crippen molar-refractivity contribution >= 4 is 59.1 Å². The molecule has 34 N–H and O–H groups in total.